The summed E-state index contributed by atoms with van der Waals surface area (Å²) < 4.78 is 21.6. The second-order valence-corrected chi connectivity index (χ2v) is 11.9. The molecular weight excluding hydrogens is 562 g/mol. The van der Waals surface area contributed by atoms with Crippen molar-refractivity contribution in [3.8, 4) is 5.75 Å². The smallest absolute Gasteiger partial charge is 0.412 e. The Bertz CT molecular complexity index is 1390. The molecule has 4 rings (SSSR count). The molecule has 2 aliphatic heterocycles. The standard InChI is InChI=1S/C30H35N3O8S/c1-17-24(27(36)40-16-18-11-13-20(38-5)14-12-18)33-25(35)23(26(33)42-28(17)39-6)32-22(34)15-19-9-7-8-10-21(19)31-29(37)41-30(2,3)4/h7-14,23,26,28H,15-16H2,1-6H3,(H,31,37)(H,32,34)/t23-,26+,28-/m0/s1. The predicted molar refractivity (Wildman–Crippen MR) is 156 cm³/mol. The van der Waals surface area contributed by atoms with Gasteiger partial charge in [0, 0.05) is 12.8 Å². The van der Waals surface area contributed by atoms with E-state index in [1.54, 1.807) is 83.3 Å². The van der Waals surface area contributed by atoms with Crippen molar-refractivity contribution in [2.45, 2.75) is 63.2 Å². The van der Waals surface area contributed by atoms with Crippen LogP contribution in [0.3, 0.4) is 0 Å². The number of amides is 3. The second-order valence-electron chi connectivity index (χ2n) is 10.8. The van der Waals surface area contributed by atoms with Gasteiger partial charge in [0.15, 0.2) is 0 Å². The molecule has 0 aliphatic carbocycles. The van der Waals surface area contributed by atoms with Crippen LogP contribution >= 0.6 is 11.8 Å². The first kappa shape index (κ1) is 30.9. The summed E-state index contributed by atoms with van der Waals surface area (Å²) in [5.41, 5.74) is 1.21. The fourth-order valence-corrected chi connectivity index (χ4v) is 5.90. The molecule has 0 saturated carbocycles. The zero-order valence-corrected chi connectivity index (χ0v) is 25.2. The summed E-state index contributed by atoms with van der Waals surface area (Å²) in [4.78, 5) is 53.1. The van der Waals surface area contributed by atoms with E-state index in [4.69, 9.17) is 18.9 Å². The lowest BCUT2D eigenvalue weighted by Crippen LogP contribution is -2.71. The largest absolute Gasteiger partial charge is 0.497 e. The maximum atomic E-state index is 13.3. The third-order valence-corrected chi connectivity index (χ3v) is 8.09. The molecule has 0 unspecified atom stereocenters. The normalized spacial score (nSPS) is 19.8. The molecule has 0 spiro atoms. The molecule has 0 bridgehead atoms. The minimum atomic E-state index is -0.872. The lowest BCUT2D eigenvalue weighted by Gasteiger charge is -2.51. The van der Waals surface area contributed by atoms with Crippen LogP contribution in [0.2, 0.25) is 0 Å². The summed E-state index contributed by atoms with van der Waals surface area (Å²) in [7, 11) is 3.08. The van der Waals surface area contributed by atoms with E-state index in [1.807, 2.05) is 0 Å². The lowest BCUT2D eigenvalue weighted by molar-refractivity contribution is -0.153. The SMILES string of the molecule is COc1ccc(COC(=O)C2=C(C)[C@@H](OC)S[C@@H]3[C@@H](NC(=O)Cc4ccccc4NC(=O)OC(C)(C)C)C(=O)N23)cc1. The highest BCUT2D eigenvalue weighted by Crippen LogP contribution is 2.44. The quantitative estimate of drug-likeness (QED) is 0.325. The monoisotopic (exact) mass is 597 g/mol. The number of hydrogen-bond donors (Lipinski definition) is 2. The highest BCUT2D eigenvalue weighted by atomic mass is 32.2. The number of hydrogen-bond acceptors (Lipinski definition) is 9. The summed E-state index contributed by atoms with van der Waals surface area (Å²) >= 11 is 1.32. The maximum absolute atomic E-state index is 13.3. The molecule has 3 atom stereocenters. The Balaban J connectivity index is 1.42. The second kappa shape index (κ2) is 12.9. The predicted octanol–water partition coefficient (Wildman–Crippen LogP) is 3.97. The maximum Gasteiger partial charge on any atom is 0.412 e. The molecule has 11 nitrogen and oxygen atoms in total. The molecule has 2 aromatic rings. The fraction of sp³-hybridized carbons (Fsp3) is 0.400. The van der Waals surface area contributed by atoms with Crippen molar-refractivity contribution in [1.82, 2.24) is 10.2 Å². The molecule has 2 aromatic carbocycles. The van der Waals surface area contributed by atoms with Gasteiger partial charge in [-0.25, -0.2) is 9.59 Å². The number of fused-ring (bicyclic) bond motifs is 1. The van der Waals surface area contributed by atoms with Crippen LogP contribution in [0, 0.1) is 0 Å². The number of anilines is 1. The number of nitrogens with one attached hydrogen (secondary N) is 2. The number of methoxy groups -OCH3 is 2. The van der Waals surface area contributed by atoms with Crippen LogP contribution < -0.4 is 15.4 Å². The van der Waals surface area contributed by atoms with E-state index in [0.717, 1.165) is 5.56 Å². The third-order valence-electron chi connectivity index (χ3n) is 6.53. The van der Waals surface area contributed by atoms with Gasteiger partial charge in [0.25, 0.3) is 5.91 Å². The molecule has 2 N–H and O–H groups in total. The van der Waals surface area contributed by atoms with Gasteiger partial charge in [-0.1, -0.05) is 42.1 Å². The number of carbonyl (C=O) groups excluding carboxylic acids is 4. The van der Waals surface area contributed by atoms with E-state index in [1.165, 1.54) is 23.8 Å². The Labute approximate surface area is 248 Å². The Morgan fingerprint density at radius 1 is 1.02 bits per heavy atom. The van der Waals surface area contributed by atoms with Crippen LogP contribution in [0.4, 0.5) is 10.5 Å². The van der Waals surface area contributed by atoms with Gasteiger partial charge in [-0.15, -0.1) is 0 Å². The molecule has 224 valence electrons. The number of nitrogens with zero attached hydrogens (tertiary/aromatic N) is 1. The lowest BCUT2D eigenvalue weighted by atomic mass is 10.0. The van der Waals surface area contributed by atoms with E-state index < -0.39 is 46.3 Å². The van der Waals surface area contributed by atoms with E-state index in [9.17, 15) is 19.2 Å². The zero-order chi connectivity index (χ0) is 30.6. The number of β-lactam (4-membered cyclic amide) rings is 1. The van der Waals surface area contributed by atoms with Gasteiger partial charge in [0.2, 0.25) is 5.91 Å². The van der Waals surface area contributed by atoms with Crippen molar-refractivity contribution in [3.05, 3.63) is 70.9 Å². The molecule has 0 aromatic heterocycles. The van der Waals surface area contributed by atoms with Crippen molar-refractivity contribution in [2.75, 3.05) is 19.5 Å². The molecule has 3 amide bonds. The molecular formula is C30H35N3O8S. The van der Waals surface area contributed by atoms with Gasteiger partial charge in [-0.05, 0) is 62.6 Å². The number of esters is 1. The van der Waals surface area contributed by atoms with Crippen molar-refractivity contribution >= 4 is 41.3 Å². The number of rotatable bonds is 9. The molecule has 42 heavy (non-hydrogen) atoms. The Kier molecular flexibility index (Phi) is 9.47. The van der Waals surface area contributed by atoms with Gasteiger partial charge in [-0.2, -0.15) is 0 Å². The number of carbonyl (C=O) groups is 4. The number of ether oxygens (including phenoxy) is 4. The zero-order valence-electron chi connectivity index (χ0n) is 24.4. The summed E-state index contributed by atoms with van der Waals surface area (Å²) in [6.45, 7) is 6.99. The Morgan fingerprint density at radius 3 is 2.36 bits per heavy atom. The summed E-state index contributed by atoms with van der Waals surface area (Å²) in [5.74, 6) is -0.820. The first-order chi connectivity index (χ1) is 19.9. The fourth-order valence-electron chi connectivity index (χ4n) is 4.54. The summed E-state index contributed by atoms with van der Waals surface area (Å²) in [6.07, 6.45) is -0.732. The topological polar surface area (TPSA) is 133 Å². The van der Waals surface area contributed by atoms with Gasteiger partial charge >= 0.3 is 12.1 Å². The average Bonchev–Trinajstić information content (AvgIpc) is 2.94. The van der Waals surface area contributed by atoms with E-state index in [2.05, 4.69) is 10.6 Å². The number of benzene rings is 2. The van der Waals surface area contributed by atoms with Gasteiger partial charge < -0.3 is 24.3 Å². The third kappa shape index (κ3) is 7.05. The van der Waals surface area contributed by atoms with Gasteiger partial charge in [0.05, 0.1) is 13.5 Å². The van der Waals surface area contributed by atoms with E-state index in [-0.39, 0.29) is 18.7 Å². The van der Waals surface area contributed by atoms with Gasteiger partial charge in [0.1, 0.15) is 40.5 Å². The summed E-state index contributed by atoms with van der Waals surface area (Å²) in [5, 5.41) is 4.89. The van der Waals surface area contributed by atoms with Gasteiger partial charge in [-0.3, -0.25) is 19.8 Å². The minimum absolute atomic E-state index is 0.00794. The molecule has 1 fully saturated rings. The van der Waals surface area contributed by atoms with Crippen molar-refractivity contribution in [2.24, 2.45) is 0 Å². The van der Waals surface area contributed by atoms with Crippen LogP contribution in [-0.2, 0) is 41.6 Å². The highest BCUT2D eigenvalue weighted by Gasteiger charge is 2.56. The molecule has 2 heterocycles. The van der Waals surface area contributed by atoms with Crippen molar-refractivity contribution < 1.29 is 38.1 Å². The average molecular weight is 598 g/mol. The van der Waals surface area contributed by atoms with Crippen molar-refractivity contribution in [3.63, 3.8) is 0 Å². The molecule has 12 heteroatoms. The van der Waals surface area contributed by atoms with E-state index >= 15 is 0 Å². The van der Waals surface area contributed by atoms with Crippen LogP contribution in [0.5, 0.6) is 5.75 Å². The summed E-state index contributed by atoms with van der Waals surface area (Å²) in [6, 6.07) is 13.1. The van der Waals surface area contributed by atoms with Crippen LogP contribution in [-0.4, -0.2) is 65.4 Å². The van der Waals surface area contributed by atoms with Crippen LogP contribution in [0.15, 0.2) is 59.8 Å². The molecule has 2 aliphatic rings. The number of thioether (sulfide) groups is 1. The number of para-hydroxylation sites is 1. The van der Waals surface area contributed by atoms with Crippen LogP contribution in [0.25, 0.3) is 0 Å². The van der Waals surface area contributed by atoms with E-state index in [0.29, 0.717) is 22.6 Å². The highest BCUT2D eigenvalue weighted by molar-refractivity contribution is 8.00. The molecule has 1 saturated heterocycles. The Hall–Kier alpha value is -4.03. The molecule has 0 radical (unpaired) electrons. The first-order valence-electron chi connectivity index (χ1n) is 13.3. The van der Waals surface area contributed by atoms with Crippen molar-refractivity contribution in [1.29, 1.82) is 0 Å². The first-order valence-corrected chi connectivity index (χ1v) is 14.3. The minimum Gasteiger partial charge on any atom is -0.497 e. The van der Waals surface area contributed by atoms with Crippen LogP contribution in [0.1, 0.15) is 38.8 Å². The Morgan fingerprint density at radius 2 is 1.71 bits per heavy atom.